The highest BCUT2D eigenvalue weighted by atomic mass is 35.5. The van der Waals surface area contributed by atoms with Crippen molar-refractivity contribution < 1.29 is 13.9 Å². The van der Waals surface area contributed by atoms with Crippen LogP contribution in [0, 0.1) is 0 Å². The van der Waals surface area contributed by atoms with Crippen LogP contribution in [-0.4, -0.2) is 13.1 Å². The summed E-state index contributed by atoms with van der Waals surface area (Å²) in [6.45, 7) is 2.54. The zero-order valence-electron chi connectivity index (χ0n) is 11.4. The summed E-state index contributed by atoms with van der Waals surface area (Å²) >= 11 is 5.97. The molecule has 0 saturated carbocycles. The van der Waals surface area contributed by atoms with Crippen LogP contribution >= 0.6 is 11.6 Å². The maximum absolute atomic E-state index is 11.5. The molecular formula is C15H16ClNO3. The van der Waals surface area contributed by atoms with Crippen molar-refractivity contribution in [2.45, 2.75) is 19.5 Å². The Morgan fingerprint density at radius 3 is 2.95 bits per heavy atom. The number of ether oxygens (including phenoxy) is 1. The molecular weight excluding hydrogens is 278 g/mol. The minimum absolute atomic E-state index is 0.106. The Hall–Kier alpha value is -1.78. The number of hydrogen-bond donors (Lipinski definition) is 1. The number of furan rings is 1. The first-order valence-corrected chi connectivity index (χ1v) is 6.63. The Morgan fingerprint density at radius 2 is 2.25 bits per heavy atom. The van der Waals surface area contributed by atoms with Crippen molar-refractivity contribution in [3.8, 4) is 0 Å². The van der Waals surface area contributed by atoms with E-state index in [1.165, 1.54) is 13.4 Å². The molecule has 20 heavy (non-hydrogen) atoms. The van der Waals surface area contributed by atoms with Crippen molar-refractivity contribution in [1.29, 1.82) is 0 Å². The lowest BCUT2D eigenvalue weighted by molar-refractivity contribution is 0.0563. The van der Waals surface area contributed by atoms with E-state index >= 15 is 0 Å². The quantitative estimate of drug-likeness (QED) is 0.856. The molecule has 0 aliphatic rings. The van der Waals surface area contributed by atoms with Gasteiger partial charge in [0, 0.05) is 23.2 Å². The van der Waals surface area contributed by atoms with Gasteiger partial charge in [-0.25, -0.2) is 4.79 Å². The molecule has 1 aromatic heterocycles. The summed E-state index contributed by atoms with van der Waals surface area (Å²) in [4.78, 5) is 11.5. The van der Waals surface area contributed by atoms with E-state index in [0.717, 1.165) is 11.1 Å². The molecule has 0 aliphatic heterocycles. The van der Waals surface area contributed by atoms with Crippen LogP contribution in [0.2, 0.25) is 5.02 Å². The summed E-state index contributed by atoms with van der Waals surface area (Å²) in [5.74, 6) is -0.236. The summed E-state index contributed by atoms with van der Waals surface area (Å²) < 4.78 is 9.80. The van der Waals surface area contributed by atoms with Gasteiger partial charge in [0.15, 0.2) is 0 Å². The third kappa shape index (κ3) is 3.40. The van der Waals surface area contributed by atoms with Crippen LogP contribution < -0.4 is 5.32 Å². The predicted molar refractivity (Wildman–Crippen MR) is 76.8 cm³/mol. The van der Waals surface area contributed by atoms with E-state index in [1.807, 2.05) is 31.2 Å². The molecule has 0 aliphatic carbocycles. The fraction of sp³-hybridized carbons (Fsp3) is 0.267. The highest BCUT2D eigenvalue weighted by Crippen LogP contribution is 2.19. The van der Waals surface area contributed by atoms with E-state index < -0.39 is 5.97 Å². The van der Waals surface area contributed by atoms with Gasteiger partial charge in [-0.05, 0) is 30.7 Å². The summed E-state index contributed by atoms with van der Waals surface area (Å²) in [6, 6.07) is 9.52. The zero-order chi connectivity index (χ0) is 14.5. The van der Waals surface area contributed by atoms with E-state index in [2.05, 4.69) is 10.1 Å². The average Bonchev–Trinajstić information content (AvgIpc) is 2.92. The summed E-state index contributed by atoms with van der Waals surface area (Å²) in [7, 11) is 1.33. The van der Waals surface area contributed by atoms with Gasteiger partial charge < -0.3 is 14.5 Å². The Kier molecular flexibility index (Phi) is 4.82. The van der Waals surface area contributed by atoms with Crippen LogP contribution in [0.25, 0.3) is 0 Å². The lowest BCUT2D eigenvalue weighted by atomic mass is 10.1. The second-order valence-corrected chi connectivity index (χ2v) is 4.86. The summed E-state index contributed by atoms with van der Waals surface area (Å²) in [5.41, 5.74) is 1.85. The first-order chi connectivity index (χ1) is 9.61. The minimum Gasteiger partial charge on any atom is -0.463 e. The lowest BCUT2D eigenvalue weighted by Gasteiger charge is -2.14. The van der Waals surface area contributed by atoms with Crippen LogP contribution in [0.1, 0.15) is 34.6 Å². The number of hydrogen-bond acceptors (Lipinski definition) is 4. The standard InChI is InChI=1S/C15H16ClNO3/c1-10(11-4-3-5-13(16)8-11)17-9-12-6-7-20-14(12)15(18)19-2/h3-8,10,17H,9H2,1-2H3/t10-/m0/s1. The van der Waals surface area contributed by atoms with Crippen molar-refractivity contribution in [2.24, 2.45) is 0 Å². The van der Waals surface area contributed by atoms with Crippen molar-refractivity contribution in [1.82, 2.24) is 5.32 Å². The van der Waals surface area contributed by atoms with Gasteiger partial charge in [-0.15, -0.1) is 0 Å². The van der Waals surface area contributed by atoms with E-state index in [9.17, 15) is 4.79 Å². The molecule has 2 aromatic rings. The largest absolute Gasteiger partial charge is 0.463 e. The van der Waals surface area contributed by atoms with Crippen LogP contribution in [0.5, 0.6) is 0 Å². The summed E-state index contributed by atoms with van der Waals surface area (Å²) in [5, 5.41) is 4.02. The number of carbonyl (C=O) groups excluding carboxylic acids is 1. The molecule has 4 nitrogen and oxygen atoms in total. The Balaban J connectivity index is 2.02. The minimum atomic E-state index is -0.470. The molecule has 0 fully saturated rings. The van der Waals surface area contributed by atoms with Crippen LogP contribution in [0.15, 0.2) is 41.0 Å². The number of halogens is 1. The predicted octanol–water partition coefficient (Wildman–Crippen LogP) is 3.57. The SMILES string of the molecule is COC(=O)c1occc1CN[C@@H](C)c1cccc(Cl)c1. The van der Waals surface area contributed by atoms with Gasteiger partial charge in [-0.1, -0.05) is 23.7 Å². The van der Waals surface area contributed by atoms with Crippen LogP contribution in [0.3, 0.4) is 0 Å². The van der Waals surface area contributed by atoms with Crippen molar-refractivity contribution >= 4 is 17.6 Å². The molecule has 0 unspecified atom stereocenters. The van der Waals surface area contributed by atoms with E-state index in [4.69, 9.17) is 16.0 Å². The number of rotatable bonds is 5. The molecule has 1 atom stereocenters. The fourth-order valence-electron chi connectivity index (χ4n) is 1.90. The normalized spacial score (nSPS) is 12.2. The molecule has 0 bridgehead atoms. The van der Waals surface area contributed by atoms with E-state index in [1.54, 1.807) is 6.07 Å². The zero-order valence-corrected chi connectivity index (χ0v) is 12.1. The topological polar surface area (TPSA) is 51.5 Å². The number of benzene rings is 1. The Bertz CT molecular complexity index is 594. The molecule has 2 rings (SSSR count). The summed E-state index contributed by atoms with van der Waals surface area (Å²) in [6.07, 6.45) is 1.48. The number of methoxy groups -OCH3 is 1. The smallest absolute Gasteiger partial charge is 0.374 e. The second-order valence-electron chi connectivity index (χ2n) is 4.42. The fourth-order valence-corrected chi connectivity index (χ4v) is 2.10. The first kappa shape index (κ1) is 14.6. The molecule has 0 spiro atoms. The van der Waals surface area contributed by atoms with E-state index in [-0.39, 0.29) is 11.8 Å². The maximum atomic E-state index is 11.5. The molecule has 1 aromatic carbocycles. The Morgan fingerprint density at radius 1 is 1.45 bits per heavy atom. The van der Waals surface area contributed by atoms with E-state index in [0.29, 0.717) is 11.6 Å². The monoisotopic (exact) mass is 293 g/mol. The molecule has 1 N–H and O–H groups in total. The van der Waals surface area contributed by atoms with Gasteiger partial charge in [0.05, 0.1) is 13.4 Å². The van der Waals surface area contributed by atoms with Gasteiger partial charge in [0.2, 0.25) is 5.76 Å². The second kappa shape index (κ2) is 6.59. The molecule has 106 valence electrons. The van der Waals surface area contributed by atoms with Gasteiger partial charge in [0.25, 0.3) is 0 Å². The average molecular weight is 294 g/mol. The van der Waals surface area contributed by atoms with Gasteiger partial charge >= 0.3 is 5.97 Å². The van der Waals surface area contributed by atoms with Crippen molar-refractivity contribution in [2.75, 3.05) is 7.11 Å². The van der Waals surface area contributed by atoms with Crippen molar-refractivity contribution in [3.63, 3.8) is 0 Å². The van der Waals surface area contributed by atoms with Crippen LogP contribution in [-0.2, 0) is 11.3 Å². The molecule has 5 heteroatoms. The molecule has 0 amide bonds. The van der Waals surface area contributed by atoms with Crippen LogP contribution in [0.4, 0.5) is 0 Å². The first-order valence-electron chi connectivity index (χ1n) is 6.25. The third-order valence-corrected chi connectivity index (χ3v) is 3.30. The molecule has 1 heterocycles. The molecule has 0 saturated heterocycles. The number of esters is 1. The van der Waals surface area contributed by atoms with Gasteiger partial charge in [-0.3, -0.25) is 0 Å². The highest BCUT2D eigenvalue weighted by Gasteiger charge is 2.16. The maximum Gasteiger partial charge on any atom is 0.374 e. The van der Waals surface area contributed by atoms with Crippen molar-refractivity contribution in [3.05, 3.63) is 58.5 Å². The van der Waals surface area contributed by atoms with Gasteiger partial charge in [0.1, 0.15) is 0 Å². The highest BCUT2D eigenvalue weighted by molar-refractivity contribution is 6.30. The number of nitrogens with one attached hydrogen (secondary N) is 1. The lowest BCUT2D eigenvalue weighted by Crippen LogP contribution is -2.19. The van der Waals surface area contributed by atoms with Gasteiger partial charge in [-0.2, -0.15) is 0 Å². The Labute approximate surface area is 122 Å². The molecule has 0 radical (unpaired) electrons. The third-order valence-electron chi connectivity index (χ3n) is 3.06. The number of carbonyl (C=O) groups is 1.